The number of nitrogens with zero attached hydrogens (tertiary/aromatic N) is 2. The van der Waals surface area contributed by atoms with Crippen LogP contribution < -0.4 is 4.74 Å². The lowest BCUT2D eigenvalue weighted by Crippen LogP contribution is -2.38. The van der Waals surface area contributed by atoms with Gasteiger partial charge in [0.05, 0.1) is 25.2 Å². The van der Waals surface area contributed by atoms with E-state index in [0.717, 1.165) is 29.6 Å². The number of carbonyl (C=O) groups excluding carboxylic acids is 1. The summed E-state index contributed by atoms with van der Waals surface area (Å²) in [4.78, 5) is 18.9. The fraction of sp³-hybridized carbons (Fsp3) is 0.333. The first kappa shape index (κ1) is 14.2. The molecular weight excluding hydrogens is 288 g/mol. The largest absolute Gasteiger partial charge is 0.496 e. The zero-order chi connectivity index (χ0) is 14.7. The Morgan fingerprint density at radius 3 is 2.86 bits per heavy atom. The molecule has 1 saturated heterocycles. The number of aliphatic imine (C=N–C) groups is 1. The average molecular weight is 304 g/mol. The standard InChI is InChI=1S/C15H16N2O3S/c1-19-12-5-3-2-4-11(12)10-13-14(18)16-15(21-13)17-6-8-20-9-7-17/h2-5,10H,6-9H2,1H3. The number of amidine groups is 1. The molecule has 0 aliphatic carbocycles. The molecule has 110 valence electrons. The third kappa shape index (κ3) is 3.11. The van der Waals surface area contributed by atoms with E-state index in [0.29, 0.717) is 18.1 Å². The maximum absolute atomic E-state index is 12.1. The SMILES string of the molecule is COc1ccccc1C=C1SC(N2CCOCC2)=NC1=O. The number of methoxy groups -OCH3 is 1. The molecule has 2 heterocycles. The van der Waals surface area contributed by atoms with Crippen molar-refractivity contribution in [2.24, 2.45) is 4.99 Å². The molecule has 0 saturated carbocycles. The van der Waals surface area contributed by atoms with Gasteiger partial charge >= 0.3 is 0 Å². The molecule has 3 rings (SSSR count). The highest BCUT2D eigenvalue weighted by Crippen LogP contribution is 2.32. The molecule has 0 radical (unpaired) electrons. The van der Waals surface area contributed by atoms with Gasteiger partial charge in [-0.05, 0) is 23.9 Å². The van der Waals surface area contributed by atoms with Gasteiger partial charge in [0.2, 0.25) is 0 Å². The number of carbonyl (C=O) groups is 1. The highest BCUT2D eigenvalue weighted by Gasteiger charge is 2.27. The zero-order valence-electron chi connectivity index (χ0n) is 11.7. The van der Waals surface area contributed by atoms with Crippen LogP contribution in [-0.2, 0) is 9.53 Å². The van der Waals surface area contributed by atoms with Gasteiger partial charge in [-0.3, -0.25) is 4.79 Å². The topological polar surface area (TPSA) is 51.1 Å². The number of rotatable bonds is 2. The minimum atomic E-state index is -0.188. The number of ether oxygens (including phenoxy) is 2. The summed E-state index contributed by atoms with van der Waals surface area (Å²) in [5.74, 6) is 0.561. The van der Waals surface area contributed by atoms with Crippen molar-refractivity contribution in [2.75, 3.05) is 33.4 Å². The van der Waals surface area contributed by atoms with E-state index in [-0.39, 0.29) is 5.91 Å². The van der Waals surface area contributed by atoms with Gasteiger partial charge in [-0.1, -0.05) is 18.2 Å². The zero-order valence-corrected chi connectivity index (χ0v) is 12.6. The number of hydrogen-bond acceptors (Lipinski definition) is 5. The molecule has 2 aliphatic heterocycles. The highest BCUT2D eigenvalue weighted by molar-refractivity contribution is 8.18. The van der Waals surface area contributed by atoms with Crippen molar-refractivity contribution in [1.82, 2.24) is 4.90 Å². The molecule has 0 aromatic heterocycles. The van der Waals surface area contributed by atoms with Crippen LogP contribution in [0.3, 0.4) is 0 Å². The van der Waals surface area contributed by atoms with Crippen LogP contribution in [0.5, 0.6) is 5.75 Å². The van der Waals surface area contributed by atoms with Crippen LogP contribution in [0.25, 0.3) is 6.08 Å². The third-order valence-corrected chi connectivity index (χ3v) is 4.36. The lowest BCUT2D eigenvalue weighted by Gasteiger charge is -2.27. The predicted molar refractivity (Wildman–Crippen MR) is 83.4 cm³/mol. The van der Waals surface area contributed by atoms with Crippen LogP contribution in [0.4, 0.5) is 0 Å². The molecule has 5 nitrogen and oxygen atoms in total. The smallest absolute Gasteiger partial charge is 0.286 e. The number of amides is 1. The van der Waals surface area contributed by atoms with E-state index >= 15 is 0 Å². The van der Waals surface area contributed by atoms with Crippen LogP contribution in [0, 0.1) is 0 Å². The van der Waals surface area contributed by atoms with Gasteiger partial charge < -0.3 is 14.4 Å². The van der Waals surface area contributed by atoms with Crippen molar-refractivity contribution >= 4 is 28.9 Å². The first-order valence-corrected chi connectivity index (χ1v) is 7.58. The molecule has 0 spiro atoms. The van der Waals surface area contributed by atoms with E-state index in [1.165, 1.54) is 11.8 Å². The highest BCUT2D eigenvalue weighted by atomic mass is 32.2. The van der Waals surface area contributed by atoms with E-state index in [4.69, 9.17) is 9.47 Å². The molecule has 0 bridgehead atoms. The van der Waals surface area contributed by atoms with E-state index in [1.807, 2.05) is 30.3 Å². The second kappa shape index (κ2) is 6.32. The molecule has 2 aliphatic rings. The Bertz CT molecular complexity index is 607. The monoisotopic (exact) mass is 304 g/mol. The summed E-state index contributed by atoms with van der Waals surface area (Å²) in [6.45, 7) is 2.92. The number of thioether (sulfide) groups is 1. The third-order valence-electron chi connectivity index (χ3n) is 3.32. The van der Waals surface area contributed by atoms with Crippen LogP contribution >= 0.6 is 11.8 Å². The molecule has 1 aromatic rings. The van der Waals surface area contributed by atoms with Crippen molar-refractivity contribution in [3.63, 3.8) is 0 Å². The Morgan fingerprint density at radius 2 is 2.10 bits per heavy atom. The number of benzene rings is 1. The van der Waals surface area contributed by atoms with Crippen LogP contribution in [0.2, 0.25) is 0 Å². The van der Waals surface area contributed by atoms with E-state index in [2.05, 4.69) is 9.89 Å². The molecule has 1 aromatic carbocycles. The molecule has 0 unspecified atom stereocenters. The van der Waals surface area contributed by atoms with Crippen LogP contribution in [0.1, 0.15) is 5.56 Å². The predicted octanol–water partition coefficient (Wildman–Crippen LogP) is 2.00. The first-order valence-electron chi connectivity index (χ1n) is 6.76. The minimum absolute atomic E-state index is 0.188. The Hall–Kier alpha value is -1.79. The van der Waals surface area contributed by atoms with Gasteiger partial charge in [0.25, 0.3) is 5.91 Å². The summed E-state index contributed by atoms with van der Waals surface area (Å²) in [6.07, 6.45) is 1.84. The Labute approximate surface area is 127 Å². The average Bonchev–Trinajstić information content (AvgIpc) is 2.90. The molecule has 0 N–H and O–H groups in total. The number of para-hydroxylation sites is 1. The van der Waals surface area contributed by atoms with Gasteiger partial charge in [0.1, 0.15) is 5.75 Å². The number of morpholine rings is 1. The van der Waals surface area contributed by atoms with Crippen molar-refractivity contribution in [2.45, 2.75) is 0 Å². The van der Waals surface area contributed by atoms with Crippen molar-refractivity contribution < 1.29 is 14.3 Å². The molecule has 1 fully saturated rings. The number of hydrogen-bond donors (Lipinski definition) is 0. The second-order valence-electron chi connectivity index (χ2n) is 4.65. The molecular formula is C15H16N2O3S. The van der Waals surface area contributed by atoms with Gasteiger partial charge in [-0.25, -0.2) is 0 Å². The summed E-state index contributed by atoms with van der Waals surface area (Å²) in [5, 5.41) is 0.768. The van der Waals surface area contributed by atoms with Crippen LogP contribution in [-0.4, -0.2) is 49.4 Å². The molecule has 21 heavy (non-hydrogen) atoms. The van der Waals surface area contributed by atoms with E-state index in [9.17, 15) is 4.79 Å². The summed E-state index contributed by atoms with van der Waals surface area (Å²) in [7, 11) is 1.62. The second-order valence-corrected chi connectivity index (χ2v) is 5.66. The first-order chi connectivity index (χ1) is 10.3. The Kier molecular flexibility index (Phi) is 4.26. The van der Waals surface area contributed by atoms with Gasteiger partial charge in [-0.15, -0.1) is 0 Å². The van der Waals surface area contributed by atoms with E-state index in [1.54, 1.807) is 7.11 Å². The fourth-order valence-electron chi connectivity index (χ4n) is 2.21. The maximum Gasteiger partial charge on any atom is 0.286 e. The molecule has 1 amide bonds. The van der Waals surface area contributed by atoms with Crippen molar-refractivity contribution in [1.29, 1.82) is 0 Å². The van der Waals surface area contributed by atoms with Crippen molar-refractivity contribution in [3.05, 3.63) is 34.7 Å². The lowest BCUT2D eigenvalue weighted by molar-refractivity contribution is -0.113. The Balaban J connectivity index is 1.79. The normalized spacial score (nSPS) is 20.8. The fourth-order valence-corrected chi connectivity index (χ4v) is 3.17. The van der Waals surface area contributed by atoms with Gasteiger partial charge in [-0.2, -0.15) is 4.99 Å². The van der Waals surface area contributed by atoms with Crippen molar-refractivity contribution in [3.8, 4) is 5.75 Å². The molecule has 6 heteroatoms. The quantitative estimate of drug-likeness (QED) is 0.782. The maximum atomic E-state index is 12.1. The summed E-state index contributed by atoms with van der Waals surface area (Å²) in [5.41, 5.74) is 0.884. The van der Waals surface area contributed by atoms with Gasteiger partial charge in [0, 0.05) is 18.7 Å². The Morgan fingerprint density at radius 1 is 1.33 bits per heavy atom. The minimum Gasteiger partial charge on any atom is -0.496 e. The lowest BCUT2D eigenvalue weighted by atomic mass is 10.2. The van der Waals surface area contributed by atoms with E-state index < -0.39 is 0 Å². The molecule has 0 atom stereocenters. The summed E-state index contributed by atoms with van der Waals surface area (Å²) >= 11 is 1.42. The van der Waals surface area contributed by atoms with Gasteiger partial charge in [0.15, 0.2) is 5.17 Å². The summed E-state index contributed by atoms with van der Waals surface area (Å²) in [6, 6.07) is 7.62. The summed E-state index contributed by atoms with van der Waals surface area (Å²) < 4.78 is 10.6. The van der Waals surface area contributed by atoms with Crippen LogP contribution in [0.15, 0.2) is 34.2 Å².